The van der Waals surface area contributed by atoms with Gasteiger partial charge in [0.25, 0.3) is 5.91 Å². The highest BCUT2D eigenvalue weighted by molar-refractivity contribution is 6.31. The summed E-state index contributed by atoms with van der Waals surface area (Å²) in [6.07, 6.45) is 1.61. The molecular formula is C15H16ClN3O. The zero-order valence-electron chi connectivity index (χ0n) is 11.4. The summed E-state index contributed by atoms with van der Waals surface area (Å²) in [7, 11) is 3.54. The third kappa shape index (κ3) is 3.27. The number of rotatable bonds is 4. The molecule has 4 nitrogen and oxygen atoms in total. The van der Waals surface area contributed by atoms with Crippen molar-refractivity contribution in [3.8, 4) is 0 Å². The fraction of sp³-hybridized carbons (Fsp3) is 0.200. The molecule has 2 aromatic rings. The summed E-state index contributed by atoms with van der Waals surface area (Å²) in [5.41, 5.74) is 2.18. The third-order valence-electron chi connectivity index (χ3n) is 2.98. The van der Waals surface area contributed by atoms with Crippen molar-refractivity contribution < 1.29 is 4.79 Å². The van der Waals surface area contributed by atoms with Crippen LogP contribution in [0, 0.1) is 0 Å². The van der Waals surface area contributed by atoms with E-state index in [9.17, 15) is 4.79 Å². The molecule has 1 heterocycles. The highest BCUT2D eigenvalue weighted by atomic mass is 35.5. The average Bonchev–Trinajstić information content (AvgIpc) is 2.48. The Morgan fingerprint density at radius 1 is 1.35 bits per heavy atom. The average molecular weight is 290 g/mol. The van der Waals surface area contributed by atoms with E-state index >= 15 is 0 Å². The minimum absolute atomic E-state index is 0.137. The number of anilines is 1. The van der Waals surface area contributed by atoms with Crippen LogP contribution in [-0.2, 0) is 6.54 Å². The second kappa shape index (κ2) is 6.39. The topological polar surface area (TPSA) is 45.2 Å². The van der Waals surface area contributed by atoms with Crippen molar-refractivity contribution in [2.24, 2.45) is 0 Å². The lowest BCUT2D eigenvalue weighted by molar-refractivity contribution is 0.0779. The zero-order valence-corrected chi connectivity index (χ0v) is 12.2. The summed E-state index contributed by atoms with van der Waals surface area (Å²) >= 11 is 6.10. The van der Waals surface area contributed by atoms with Crippen molar-refractivity contribution >= 4 is 23.2 Å². The first kappa shape index (κ1) is 14.3. The van der Waals surface area contributed by atoms with E-state index in [2.05, 4.69) is 10.3 Å². The number of carbonyl (C=O) groups excluding carboxylic acids is 1. The summed E-state index contributed by atoms with van der Waals surface area (Å²) in [5.74, 6) is -0.137. The molecule has 2 rings (SSSR count). The van der Waals surface area contributed by atoms with Gasteiger partial charge in [-0.2, -0.15) is 0 Å². The van der Waals surface area contributed by atoms with Gasteiger partial charge < -0.3 is 10.2 Å². The number of amides is 1. The number of pyridine rings is 1. The first-order valence-electron chi connectivity index (χ1n) is 6.24. The van der Waals surface area contributed by atoms with Crippen LogP contribution in [0.3, 0.4) is 0 Å². The molecule has 0 saturated carbocycles. The molecule has 1 amide bonds. The highest BCUT2D eigenvalue weighted by Crippen LogP contribution is 2.17. The lowest BCUT2D eigenvalue weighted by Crippen LogP contribution is -2.27. The molecule has 0 saturated heterocycles. The van der Waals surface area contributed by atoms with Crippen molar-refractivity contribution in [3.05, 3.63) is 58.9 Å². The lowest BCUT2D eigenvalue weighted by atomic mass is 10.2. The summed E-state index contributed by atoms with van der Waals surface area (Å²) in [5, 5.41) is 3.64. The molecule has 5 heteroatoms. The molecule has 1 aromatic carbocycles. The SMILES string of the molecule is CNc1ccnc(C(=O)N(C)Cc2ccccc2Cl)c1. The first-order valence-corrected chi connectivity index (χ1v) is 6.62. The fourth-order valence-electron chi connectivity index (χ4n) is 1.85. The number of nitrogens with zero attached hydrogens (tertiary/aromatic N) is 2. The van der Waals surface area contributed by atoms with E-state index in [1.165, 1.54) is 0 Å². The van der Waals surface area contributed by atoms with E-state index in [-0.39, 0.29) is 5.91 Å². The van der Waals surface area contributed by atoms with Crippen LogP contribution < -0.4 is 5.32 Å². The normalized spacial score (nSPS) is 10.2. The van der Waals surface area contributed by atoms with Crippen LogP contribution in [0.5, 0.6) is 0 Å². The van der Waals surface area contributed by atoms with Gasteiger partial charge in [0.15, 0.2) is 0 Å². The van der Waals surface area contributed by atoms with Crippen LogP contribution >= 0.6 is 11.6 Å². The molecule has 0 radical (unpaired) electrons. The Morgan fingerprint density at radius 2 is 2.10 bits per heavy atom. The Morgan fingerprint density at radius 3 is 2.80 bits per heavy atom. The number of carbonyl (C=O) groups is 1. The first-order chi connectivity index (χ1) is 9.61. The summed E-state index contributed by atoms with van der Waals surface area (Å²) in [4.78, 5) is 18.0. The molecule has 0 atom stereocenters. The zero-order chi connectivity index (χ0) is 14.5. The van der Waals surface area contributed by atoms with E-state index in [1.54, 1.807) is 31.3 Å². The van der Waals surface area contributed by atoms with Crippen molar-refractivity contribution in [2.45, 2.75) is 6.54 Å². The second-order valence-corrected chi connectivity index (χ2v) is 4.84. The molecule has 0 aliphatic heterocycles. The Bertz CT molecular complexity index is 616. The number of nitrogens with one attached hydrogen (secondary N) is 1. The fourth-order valence-corrected chi connectivity index (χ4v) is 2.05. The molecule has 20 heavy (non-hydrogen) atoms. The highest BCUT2D eigenvalue weighted by Gasteiger charge is 2.14. The van der Waals surface area contributed by atoms with E-state index < -0.39 is 0 Å². The van der Waals surface area contributed by atoms with Gasteiger partial charge in [0.1, 0.15) is 5.69 Å². The Labute approximate surface area is 123 Å². The van der Waals surface area contributed by atoms with Crippen LogP contribution in [0.2, 0.25) is 5.02 Å². The predicted molar refractivity (Wildman–Crippen MR) is 81.0 cm³/mol. The number of halogens is 1. The number of hydrogen-bond acceptors (Lipinski definition) is 3. The smallest absolute Gasteiger partial charge is 0.272 e. The molecule has 0 aliphatic rings. The molecule has 0 fully saturated rings. The van der Waals surface area contributed by atoms with Gasteiger partial charge in [0.05, 0.1) is 0 Å². The van der Waals surface area contributed by atoms with E-state index in [1.807, 2.05) is 30.3 Å². The van der Waals surface area contributed by atoms with Gasteiger partial charge in [-0.3, -0.25) is 9.78 Å². The van der Waals surface area contributed by atoms with Crippen LogP contribution in [0.1, 0.15) is 16.1 Å². The van der Waals surface area contributed by atoms with Crippen molar-refractivity contribution in [1.29, 1.82) is 0 Å². The van der Waals surface area contributed by atoms with Crippen molar-refractivity contribution in [1.82, 2.24) is 9.88 Å². The van der Waals surface area contributed by atoms with Gasteiger partial charge in [0.2, 0.25) is 0 Å². The maximum atomic E-state index is 12.3. The number of hydrogen-bond donors (Lipinski definition) is 1. The molecular weight excluding hydrogens is 274 g/mol. The standard InChI is InChI=1S/C15H16ClN3O/c1-17-12-7-8-18-14(9-12)15(20)19(2)10-11-5-3-4-6-13(11)16/h3-9H,10H2,1-2H3,(H,17,18). The van der Waals surface area contributed by atoms with Gasteiger partial charge in [-0.15, -0.1) is 0 Å². The predicted octanol–water partition coefficient (Wildman–Crippen LogP) is 3.05. The maximum absolute atomic E-state index is 12.3. The van der Waals surface area contributed by atoms with Gasteiger partial charge in [0, 0.05) is 37.5 Å². The van der Waals surface area contributed by atoms with Gasteiger partial charge in [-0.25, -0.2) is 0 Å². The molecule has 0 spiro atoms. The van der Waals surface area contributed by atoms with Crippen molar-refractivity contribution in [2.75, 3.05) is 19.4 Å². The largest absolute Gasteiger partial charge is 0.388 e. The van der Waals surface area contributed by atoms with Crippen molar-refractivity contribution in [3.63, 3.8) is 0 Å². The third-order valence-corrected chi connectivity index (χ3v) is 3.35. The molecule has 104 valence electrons. The molecule has 1 N–H and O–H groups in total. The van der Waals surface area contributed by atoms with E-state index in [0.717, 1.165) is 11.3 Å². The molecule has 0 bridgehead atoms. The minimum atomic E-state index is -0.137. The summed E-state index contributed by atoms with van der Waals surface area (Å²) < 4.78 is 0. The Hall–Kier alpha value is -2.07. The van der Waals surface area contributed by atoms with E-state index in [4.69, 9.17) is 11.6 Å². The number of aromatic nitrogens is 1. The monoisotopic (exact) mass is 289 g/mol. The summed E-state index contributed by atoms with van der Waals surface area (Å²) in [6.45, 7) is 0.448. The van der Waals surface area contributed by atoms with Crippen LogP contribution in [-0.4, -0.2) is 29.9 Å². The molecule has 0 unspecified atom stereocenters. The summed E-state index contributed by atoms with van der Waals surface area (Å²) in [6, 6.07) is 11.0. The van der Waals surface area contributed by atoms with Crippen LogP contribution in [0.25, 0.3) is 0 Å². The lowest BCUT2D eigenvalue weighted by Gasteiger charge is -2.17. The Balaban J connectivity index is 2.14. The Kier molecular flexibility index (Phi) is 4.58. The van der Waals surface area contributed by atoms with Crippen LogP contribution in [0.4, 0.5) is 5.69 Å². The van der Waals surface area contributed by atoms with Gasteiger partial charge in [-0.05, 0) is 23.8 Å². The molecule has 1 aromatic heterocycles. The quantitative estimate of drug-likeness (QED) is 0.941. The van der Waals surface area contributed by atoms with Crippen LogP contribution in [0.15, 0.2) is 42.6 Å². The maximum Gasteiger partial charge on any atom is 0.272 e. The second-order valence-electron chi connectivity index (χ2n) is 4.43. The van der Waals surface area contributed by atoms with Gasteiger partial charge >= 0.3 is 0 Å². The van der Waals surface area contributed by atoms with Gasteiger partial charge in [-0.1, -0.05) is 29.8 Å². The molecule has 0 aliphatic carbocycles. The minimum Gasteiger partial charge on any atom is -0.388 e. The number of benzene rings is 1. The van der Waals surface area contributed by atoms with E-state index in [0.29, 0.717) is 17.3 Å².